The predicted molar refractivity (Wildman–Crippen MR) is 100 cm³/mol. The zero-order valence-corrected chi connectivity index (χ0v) is 15.6. The molecule has 2 rings (SSSR count). The summed E-state index contributed by atoms with van der Waals surface area (Å²) < 4.78 is 18.2. The second kappa shape index (κ2) is 8.81. The minimum Gasteiger partial charge on any atom is -0.449 e. The minimum atomic E-state index is -1.03. The standard InChI is InChI=1S/C20H21ClFNO3/c1-4-12(2)15-7-5-6-8-18(15)23-19(24)13(3)26-20(25)16-10-9-14(22)11-17(16)21/h5-13H,4H2,1-3H3,(H,23,24). The summed E-state index contributed by atoms with van der Waals surface area (Å²) >= 11 is 5.85. The van der Waals surface area contributed by atoms with E-state index < -0.39 is 23.8 Å². The van der Waals surface area contributed by atoms with Crippen LogP contribution in [0.3, 0.4) is 0 Å². The summed E-state index contributed by atoms with van der Waals surface area (Å²) in [6.45, 7) is 5.61. The van der Waals surface area contributed by atoms with Crippen LogP contribution in [0.25, 0.3) is 0 Å². The normalized spacial score (nSPS) is 13.0. The van der Waals surface area contributed by atoms with Gasteiger partial charge in [0.1, 0.15) is 5.82 Å². The Labute approximate surface area is 157 Å². The van der Waals surface area contributed by atoms with Gasteiger partial charge in [-0.3, -0.25) is 4.79 Å². The molecule has 1 N–H and O–H groups in total. The van der Waals surface area contributed by atoms with E-state index in [4.69, 9.17) is 16.3 Å². The number of halogens is 2. The van der Waals surface area contributed by atoms with Crippen molar-refractivity contribution in [1.82, 2.24) is 0 Å². The van der Waals surface area contributed by atoms with Crippen molar-refractivity contribution in [2.45, 2.75) is 39.2 Å². The Balaban J connectivity index is 2.07. The number of benzene rings is 2. The number of esters is 1. The van der Waals surface area contributed by atoms with E-state index in [9.17, 15) is 14.0 Å². The van der Waals surface area contributed by atoms with E-state index in [2.05, 4.69) is 19.2 Å². The highest BCUT2D eigenvalue weighted by molar-refractivity contribution is 6.33. The maximum atomic E-state index is 13.1. The summed E-state index contributed by atoms with van der Waals surface area (Å²) in [5.74, 6) is -1.51. The number of nitrogens with one attached hydrogen (secondary N) is 1. The number of para-hydroxylation sites is 1. The zero-order valence-electron chi connectivity index (χ0n) is 14.9. The van der Waals surface area contributed by atoms with Crippen LogP contribution < -0.4 is 5.32 Å². The van der Waals surface area contributed by atoms with Crippen molar-refractivity contribution in [3.05, 3.63) is 64.4 Å². The summed E-state index contributed by atoms with van der Waals surface area (Å²) in [5, 5.41) is 2.73. The van der Waals surface area contributed by atoms with Gasteiger partial charge in [-0.15, -0.1) is 0 Å². The van der Waals surface area contributed by atoms with Gasteiger partial charge in [-0.25, -0.2) is 9.18 Å². The van der Waals surface area contributed by atoms with E-state index in [0.29, 0.717) is 5.69 Å². The van der Waals surface area contributed by atoms with Crippen LogP contribution in [-0.2, 0) is 9.53 Å². The number of rotatable bonds is 6. The lowest BCUT2D eigenvalue weighted by Gasteiger charge is -2.18. The van der Waals surface area contributed by atoms with Gasteiger partial charge in [0.2, 0.25) is 0 Å². The van der Waals surface area contributed by atoms with Crippen LogP contribution in [0.2, 0.25) is 5.02 Å². The Hall–Kier alpha value is -2.40. The summed E-state index contributed by atoms with van der Waals surface area (Å²) in [7, 11) is 0. The van der Waals surface area contributed by atoms with Crippen molar-refractivity contribution in [1.29, 1.82) is 0 Å². The lowest BCUT2D eigenvalue weighted by Crippen LogP contribution is -2.30. The van der Waals surface area contributed by atoms with E-state index in [1.807, 2.05) is 24.3 Å². The molecule has 2 atom stereocenters. The Morgan fingerprint density at radius 2 is 1.88 bits per heavy atom. The SMILES string of the molecule is CCC(C)c1ccccc1NC(=O)C(C)OC(=O)c1ccc(F)cc1Cl. The van der Waals surface area contributed by atoms with Crippen LogP contribution in [0.4, 0.5) is 10.1 Å². The van der Waals surface area contributed by atoms with Crippen molar-refractivity contribution in [3.8, 4) is 0 Å². The number of carbonyl (C=O) groups is 2. The van der Waals surface area contributed by atoms with Gasteiger partial charge in [0.05, 0.1) is 10.6 Å². The maximum absolute atomic E-state index is 13.1. The van der Waals surface area contributed by atoms with Crippen LogP contribution >= 0.6 is 11.6 Å². The first-order valence-electron chi connectivity index (χ1n) is 8.39. The van der Waals surface area contributed by atoms with Crippen LogP contribution in [0.1, 0.15) is 49.0 Å². The van der Waals surface area contributed by atoms with Crippen LogP contribution in [0.15, 0.2) is 42.5 Å². The molecule has 1 amide bonds. The molecule has 0 heterocycles. The molecule has 0 spiro atoms. The molecule has 0 saturated carbocycles. The van der Waals surface area contributed by atoms with Crippen molar-refractivity contribution in [3.63, 3.8) is 0 Å². The van der Waals surface area contributed by atoms with E-state index in [-0.39, 0.29) is 16.5 Å². The first-order valence-corrected chi connectivity index (χ1v) is 8.77. The van der Waals surface area contributed by atoms with E-state index in [1.165, 1.54) is 13.0 Å². The second-order valence-corrected chi connectivity index (χ2v) is 6.46. The van der Waals surface area contributed by atoms with Crippen LogP contribution in [0.5, 0.6) is 0 Å². The highest BCUT2D eigenvalue weighted by atomic mass is 35.5. The molecule has 0 aromatic heterocycles. The quantitative estimate of drug-likeness (QED) is 0.706. The Morgan fingerprint density at radius 1 is 1.19 bits per heavy atom. The highest BCUT2D eigenvalue weighted by Crippen LogP contribution is 2.26. The molecular weight excluding hydrogens is 357 g/mol. The summed E-state index contributed by atoms with van der Waals surface area (Å²) in [5.41, 5.74) is 1.71. The number of ether oxygens (including phenoxy) is 1. The Morgan fingerprint density at radius 3 is 2.54 bits per heavy atom. The molecule has 2 aromatic carbocycles. The molecule has 0 aliphatic carbocycles. The van der Waals surface area contributed by atoms with Gasteiger partial charge in [0, 0.05) is 5.69 Å². The van der Waals surface area contributed by atoms with Gasteiger partial charge in [0.25, 0.3) is 5.91 Å². The van der Waals surface area contributed by atoms with E-state index in [0.717, 1.165) is 24.1 Å². The molecule has 0 saturated heterocycles. The van der Waals surface area contributed by atoms with Crippen molar-refractivity contribution >= 4 is 29.2 Å². The summed E-state index contributed by atoms with van der Waals surface area (Å²) in [6.07, 6.45) is -0.103. The molecule has 0 bridgehead atoms. The summed E-state index contributed by atoms with van der Waals surface area (Å²) in [4.78, 5) is 24.6. The molecule has 0 aliphatic rings. The molecule has 2 aromatic rings. The fraction of sp³-hybridized carbons (Fsp3) is 0.300. The molecule has 6 heteroatoms. The number of hydrogen-bond donors (Lipinski definition) is 1. The van der Waals surface area contributed by atoms with E-state index in [1.54, 1.807) is 0 Å². The minimum absolute atomic E-state index is 0.00715. The Bertz CT molecular complexity index is 809. The predicted octanol–water partition coefficient (Wildman–Crippen LogP) is 5.18. The molecule has 0 aliphatic heterocycles. The third-order valence-electron chi connectivity index (χ3n) is 4.17. The van der Waals surface area contributed by atoms with Gasteiger partial charge < -0.3 is 10.1 Å². The monoisotopic (exact) mass is 377 g/mol. The fourth-order valence-electron chi connectivity index (χ4n) is 2.43. The lowest BCUT2D eigenvalue weighted by atomic mass is 9.97. The third-order valence-corrected chi connectivity index (χ3v) is 4.48. The molecule has 138 valence electrons. The lowest BCUT2D eigenvalue weighted by molar-refractivity contribution is -0.123. The number of carbonyl (C=O) groups excluding carboxylic acids is 2. The number of anilines is 1. The van der Waals surface area contributed by atoms with Gasteiger partial charge in [-0.1, -0.05) is 43.6 Å². The van der Waals surface area contributed by atoms with Crippen LogP contribution in [-0.4, -0.2) is 18.0 Å². The molecular formula is C20H21ClFNO3. The Kier molecular flexibility index (Phi) is 6.75. The smallest absolute Gasteiger partial charge is 0.340 e. The van der Waals surface area contributed by atoms with Gasteiger partial charge in [-0.2, -0.15) is 0 Å². The average Bonchev–Trinajstić information content (AvgIpc) is 2.61. The second-order valence-electron chi connectivity index (χ2n) is 6.06. The van der Waals surface area contributed by atoms with Crippen molar-refractivity contribution < 1.29 is 18.7 Å². The highest BCUT2D eigenvalue weighted by Gasteiger charge is 2.22. The molecule has 0 radical (unpaired) electrons. The van der Waals surface area contributed by atoms with Crippen molar-refractivity contribution in [2.24, 2.45) is 0 Å². The van der Waals surface area contributed by atoms with Crippen LogP contribution in [0, 0.1) is 5.82 Å². The van der Waals surface area contributed by atoms with E-state index >= 15 is 0 Å². The topological polar surface area (TPSA) is 55.4 Å². The number of hydrogen-bond acceptors (Lipinski definition) is 3. The zero-order chi connectivity index (χ0) is 19.3. The first-order chi connectivity index (χ1) is 12.3. The fourth-order valence-corrected chi connectivity index (χ4v) is 2.67. The molecule has 2 unspecified atom stereocenters. The largest absolute Gasteiger partial charge is 0.449 e. The van der Waals surface area contributed by atoms with Crippen molar-refractivity contribution in [2.75, 3.05) is 5.32 Å². The molecule has 26 heavy (non-hydrogen) atoms. The third kappa shape index (κ3) is 4.82. The maximum Gasteiger partial charge on any atom is 0.340 e. The molecule has 4 nitrogen and oxygen atoms in total. The van der Waals surface area contributed by atoms with Gasteiger partial charge in [-0.05, 0) is 49.1 Å². The van der Waals surface area contributed by atoms with Gasteiger partial charge in [0.15, 0.2) is 6.10 Å². The van der Waals surface area contributed by atoms with Gasteiger partial charge >= 0.3 is 5.97 Å². The average molecular weight is 378 g/mol. The number of amides is 1. The summed E-state index contributed by atoms with van der Waals surface area (Å²) in [6, 6.07) is 10.9. The molecule has 0 fully saturated rings. The first kappa shape index (κ1) is 19.9.